The molecule has 0 bridgehead atoms. The third-order valence-corrected chi connectivity index (χ3v) is 6.28. The number of rotatable bonds is 8. The number of nitrogens with zero attached hydrogens (tertiary/aromatic N) is 2. The largest absolute Gasteiger partial charge is 0.497 e. The second-order valence-corrected chi connectivity index (χ2v) is 8.44. The molecule has 1 amide bonds. The molecule has 31 heavy (non-hydrogen) atoms. The Morgan fingerprint density at radius 2 is 1.97 bits per heavy atom. The van der Waals surface area contributed by atoms with Crippen LogP contribution in [0.3, 0.4) is 0 Å². The summed E-state index contributed by atoms with van der Waals surface area (Å²) in [5, 5.41) is 6.87. The molecule has 0 spiro atoms. The van der Waals surface area contributed by atoms with E-state index in [0.29, 0.717) is 12.5 Å². The highest BCUT2D eigenvalue weighted by atomic mass is 16.5. The van der Waals surface area contributed by atoms with Gasteiger partial charge in [-0.25, -0.2) is 0 Å². The van der Waals surface area contributed by atoms with Crippen LogP contribution in [0.25, 0.3) is 0 Å². The summed E-state index contributed by atoms with van der Waals surface area (Å²) in [6, 6.07) is 6.08. The van der Waals surface area contributed by atoms with Gasteiger partial charge in [-0.1, -0.05) is 19.3 Å². The number of aliphatic imine (C=N–C) groups is 1. The Balaban J connectivity index is 1.54. The lowest BCUT2D eigenvalue weighted by molar-refractivity contribution is -0.135. The summed E-state index contributed by atoms with van der Waals surface area (Å²) < 4.78 is 10.8. The predicted molar refractivity (Wildman–Crippen MR) is 124 cm³/mol. The zero-order valence-electron chi connectivity index (χ0n) is 19.3. The van der Waals surface area contributed by atoms with Crippen molar-refractivity contribution >= 4 is 11.9 Å². The van der Waals surface area contributed by atoms with Gasteiger partial charge in [-0.05, 0) is 56.4 Å². The molecule has 2 aliphatic rings. The third kappa shape index (κ3) is 6.52. The van der Waals surface area contributed by atoms with E-state index in [1.54, 1.807) is 14.2 Å². The average Bonchev–Trinajstić information content (AvgIpc) is 3.27. The van der Waals surface area contributed by atoms with Gasteiger partial charge in [0.05, 0.1) is 14.2 Å². The number of likely N-dealkylation sites (tertiary alicyclic amines) is 1. The Kier molecular flexibility index (Phi) is 8.85. The van der Waals surface area contributed by atoms with Crippen LogP contribution < -0.4 is 20.1 Å². The number of benzene rings is 1. The Bertz CT molecular complexity index is 746. The molecule has 1 aromatic carbocycles. The number of nitrogens with one attached hydrogen (secondary N) is 2. The first kappa shape index (κ1) is 23.2. The fourth-order valence-corrected chi connectivity index (χ4v) is 4.56. The molecule has 2 fully saturated rings. The van der Waals surface area contributed by atoms with Crippen molar-refractivity contribution in [2.24, 2.45) is 10.9 Å². The first-order valence-electron chi connectivity index (χ1n) is 11.7. The molecular weight excluding hydrogens is 392 g/mol. The number of carbonyl (C=O) groups is 1. The molecule has 1 atom stereocenters. The second kappa shape index (κ2) is 11.8. The fourth-order valence-electron chi connectivity index (χ4n) is 4.56. The van der Waals surface area contributed by atoms with Crippen molar-refractivity contribution in [3.05, 3.63) is 23.8 Å². The summed E-state index contributed by atoms with van der Waals surface area (Å²) in [7, 11) is 3.35. The molecule has 0 radical (unpaired) electrons. The lowest BCUT2D eigenvalue weighted by Crippen LogP contribution is -2.45. The van der Waals surface area contributed by atoms with E-state index < -0.39 is 0 Å². The van der Waals surface area contributed by atoms with Gasteiger partial charge in [0.15, 0.2) is 5.96 Å². The summed E-state index contributed by atoms with van der Waals surface area (Å²) in [4.78, 5) is 19.6. The minimum atomic E-state index is 0.243. The van der Waals surface area contributed by atoms with Crippen LogP contribution in [0, 0.1) is 5.92 Å². The van der Waals surface area contributed by atoms with Gasteiger partial charge in [0.2, 0.25) is 5.91 Å². The van der Waals surface area contributed by atoms with Crippen molar-refractivity contribution in [3.8, 4) is 11.5 Å². The molecule has 7 nitrogen and oxygen atoms in total. The van der Waals surface area contributed by atoms with Crippen LogP contribution in [-0.2, 0) is 11.2 Å². The van der Waals surface area contributed by atoms with E-state index in [1.165, 1.54) is 19.3 Å². The number of guanidine groups is 1. The van der Waals surface area contributed by atoms with Crippen LogP contribution in [0.15, 0.2) is 23.2 Å². The van der Waals surface area contributed by atoms with Gasteiger partial charge in [0.1, 0.15) is 11.5 Å². The van der Waals surface area contributed by atoms with Crippen LogP contribution in [0.2, 0.25) is 0 Å². The highest BCUT2D eigenvalue weighted by molar-refractivity contribution is 5.81. The molecule has 1 saturated carbocycles. The van der Waals surface area contributed by atoms with Crippen molar-refractivity contribution in [3.63, 3.8) is 0 Å². The number of carbonyl (C=O) groups excluding carboxylic acids is 1. The molecule has 1 saturated heterocycles. The Labute approximate surface area is 186 Å². The van der Waals surface area contributed by atoms with Crippen molar-refractivity contribution in [2.45, 2.75) is 57.9 Å². The molecule has 7 heteroatoms. The van der Waals surface area contributed by atoms with Gasteiger partial charge in [-0.3, -0.25) is 9.79 Å². The van der Waals surface area contributed by atoms with Crippen LogP contribution in [0.4, 0.5) is 0 Å². The fraction of sp³-hybridized carbons (Fsp3) is 0.667. The molecule has 0 aromatic heterocycles. The normalized spacial score (nSPS) is 19.9. The maximum absolute atomic E-state index is 12.8. The average molecular weight is 431 g/mol. The molecule has 1 aliphatic heterocycles. The Morgan fingerprint density at radius 1 is 1.16 bits per heavy atom. The molecule has 1 heterocycles. The lowest BCUT2D eigenvalue weighted by Gasteiger charge is -2.26. The SMILES string of the molecule is CCNC(=NCCc1cc(OC)ccc1OC)NC1CCN(C(=O)C2CCCCC2)C1. The Hall–Kier alpha value is -2.44. The predicted octanol–water partition coefficient (Wildman–Crippen LogP) is 2.98. The van der Waals surface area contributed by atoms with Crippen LogP contribution >= 0.6 is 0 Å². The van der Waals surface area contributed by atoms with E-state index in [4.69, 9.17) is 14.5 Å². The second-order valence-electron chi connectivity index (χ2n) is 8.44. The van der Waals surface area contributed by atoms with Crippen molar-refractivity contribution < 1.29 is 14.3 Å². The Morgan fingerprint density at radius 3 is 2.68 bits per heavy atom. The van der Waals surface area contributed by atoms with E-state index in [-0.39, 0.29) is 12.0 Å². The van der Waals surface area contributed by atoms with Gasteiger partial charge < -0.3 is 25.0 Å². The molecule has 3 rings (SSSR count). The number of hydrogen-bond acceptors (Lipinski definition) is 4. The minimum absolute atomic E-state index is 0.243. The van der Waals surface area contributed by atoms with E-state index in [0.717, 1.165) is 68.3 Å². The number of ether oxygens (including phenoxy) is 2. The van der Waals surface area contributed by atoms with Crippen LogP contribution in [-0.4, -0.2) is 63.2 Å². The van der Waals surface area contributed by atoms with E-state index in [2.05, 4.69) is 22.5 Å². The lowest BCUT2D eigenvalue weighted by atomic mass is 9.88. The number of methoxy groups -OCH3 is 2. The monoisotopic (exact) mass is 430 g/mol. The van der Waals surface area contributed by atoms with E-state index >= 15 is 0 Å². The first-order chi connectivity index (χ1) is 15.1. The van der Waals surface area contributed by atoms with E-state index in [9.17, 15) is 4.79 Å². The van der Waals surface area contributed by atoms with Crippen LogP contribution in [0.1, 0.15) is 51.0 Å². The molecule has 1 unspecified atom stereocenters. The van der Waals surface area contributed by atoms with Crippen LogP contribution in [0.5, 0.6) is 11.5 Å². The van der Waals surface area contributed by atoms with Crippen molar-refractivity contribution in [1.82, 2.24) is 15.5 Å². The van der Waals surface area contributed by atoms with Gasteiger partial charge in [-0.2, -0.15) is 0 Å². The highest BCUT2D eigenvalue weighted by Gasteiger charge is 2.31. The maximum Gasteiger partial charge on any atom is 0.225 e. The molecule has 1 aliphatic carbocycles. The van der Waals surface area contributed by atoms with Crippen molar-refractivity contribution in [2.75, 3.05) is 40.4 Å². The summed E-state index contributed by atoms with van der Waals surface area (Å²) in [6.45, 7) is 5.11. The minimum Gasteiger partial charge on any atom is -0.497 e. The maximum atomic E-state index is 12.8. The topological polar surface area (TPSA) is 75.2 Å². The molecule has 2 N–H and O–H groups in total. The van der Waals surface area contributed by atoms with Gasteiger partial charge in [0, 0.05) is 38.1 Å². The molecule has 172 valence electrons. The standard InChI is InChI=1S/C24H38N4O3/c1-4-25-24(26-14-12-19-16-21(30-2)10-11-22(19)31-3)27-20-13-15-28(17-20)23(29)18-8-6-5-7-9-18/h10-11,16,18,20H,4-9,12-15,17H2,1-3H3,(H2,25,26,27). The summed E-state index contributed by atoms with van der Waals surface area (Å²) in [5.74, 6) is 3.07. The zero-order chi connectivity index (χ0) is 22.1. The number of amides is 1. The third-order valence-electron chi connectivity index (χ3n) is 6.28. The smallest absolute Gasteiger partial charge is 0.225 e. The first-order valence-corrected chi connectivity index (χ1v) is 11.7. The number of hydrogen-bond donors (Lipinski definition) is 2. The zero-order valence-corrected chi connectivity index (χ0v) is 19.3. The quantitative estimate of drug-likeness (QED) is 0.490. The highest BCUT2D eigenvalue weighted by Crippen LogP contribution is 2.27. The van der Waals surface area contributed by atoms with E-state index in [1.807, 2.05) is 18.2 Å². The summed E-state index contributed by atoms with van der Waals surface area (Å²) in [6.07, 6.45) is 7.51. The summed E-state index contributed by atoms with van der Waals surface area (Å²) in [5.41, 5.74) is 1.08. The molecule has 1 aromatic rings. The summed E-state index contributed by atoms with van der Waals surface area (Å²) >= 11 is 0. The van der Waals surface area contributed by atoms with Gasteiger partial charge >= 0.3 is 0 Å². The van der Waals surface area contributed by atoms with Gasteiger partial charge in [-0.15, -0.1) is 0 Å². The van der Waals surface area contributed by atoms with Gasteiger partial charge in [0.25, 0.3) is 0 Å². The van der Waals surface area contributed by atoms with Crippen molar-refractivity contribution in [1.29, 1.82) is 0 Å². The molecular formula is C24H38N4O3.